The normalized spacial score (nSPS) is 24.4. The Morgan fingerprint density at radius 3 is 3.00 bits per heavy atom. The van der Waals surface area contributed by atoms with Crippen LogP contribution < -0.4 is 0 Å². The summed E-state index contributed by atoms with van der Waals surface area (Å²) in [5, 5.41) is 9.15. The van der Waals surface area contributed by atoms with E-state index in [4.69, 9.17) is 5.11 Å². The van der Waals surface area contributed by atoms with Crippen LogP contribution in [0.25, 0.3) is 0 Å². The summed E-state index contributed by atoms with van der Waals surface area (Å²) in [5.41, 5.74) is 1.36. The summed E-state index contributed by atoms with van der Waals surface area (Å²) in [6.45, 7) is 6.64. The quantitative estimate of drug-likeness (QED) is 0.698. The Morgan fingerprint density at radius 2 is 2.38 bits per heavy atom. The number of hydrogen-bond donors (Lipinski definition) is 1. The van der Waals surface area contributed by atoms with Gasteiger partial charge in [0.25, 0.3) is 0 Å². The third kappa shape index (κ3) is 3.71. The van der Waals surface area contributed by atoms with Crippen LogP contribution in [0, 0.1) is 0 Å². The van der Waals surface area contributed by atoms with Crippen molar-refractivity contribution in [1.82, 2.24) is 4.90 Å². The molecule has 3 heteroatoms. The van der Waals surface area contributed by atoms with Gasteiger partial charge in [-0.3, -0.25) is 4.90 Å². The van der Waals surface area contributed by atoms with Crippen molar-refractivity contribution < 1.29 is 5.11 Å². The van der Waals surface area contributed by atoms with Crippen LogP contribution in [0.3, 0.4) is 0 Å². The van der Waals surface area contributed by atoms with Crippen molar-refractivity contribution in [2.24, 2.45) is 0 Å². The number of rotatable bonds is 3. The highest BCUT2D eigenvalue weighted by atomic mass is 32.2. The lowest BCUT2D eigenvalue weighted by atomic mass is 10.2. The van der Waals surface area contributed by atoms with Gasteiger partial charge in [0.05, 0.1) is 6.61 Å². The van der Waals surface area contributed by atoms with Crippen molar-refractivity contribution in [2.45, 2.75) is 19.9 Å². The molecule has 1 saturated heterocycles. The van der Waals surface area contributed by atoms with Crippen molar-refractivity contribution >= 4 is 11.8 Å². The van der Waals surface area contributed by atoms with Crippen molar-refractivity contribution in [3.05, 3.63) is 11.6 Å². The van der Waals surface area contributed by atoms with Crippen molar-refractivity contribution in [3.63, 3.8) is 0 Å². The minimum absolute atomic E-state index is 0.295. The second kappa shape index (κ2) is 5.68. The minimum Gasteiger partial charge on any atom is -0.395 e. The number of nitrogens with zero attached hydrogens (tertiary/aromatic N) is 1. The summed E-state index contributed by atoms with van der Waals surface area (Å²) in [6.07, 6.45) is 2.23. The van der Waals surface area contributed by atoms with E-state index in [2.05, 4.69) is 24.8 Å². The molecule has 2 nitrogen and oxygen atoms in total. The van der Waals surface area contributed by atoms with Gasteiger partial charge in [0, 0.05) is 30.6 Å². The maximum Gasteiger partial charge on any atom is 0.0595 e. The van der Waals surface area contributed by atoms with E-state index in [1.54, 1.807) is 0 Å². The largest absolute Gasteiger partial charge is 0.395 e. The van der Waals surface area contributed by atoms with E-state index in [-0.39, 0.29) is 0 Å². The molecule has 76 valence electrons. The zero-order chi connectivity index (χ0) is 9.68. The highest BCUT2D eigenvalue weighted by Crippen LogP contribution is 2.15. The van der Waals surface area contributed by atoms with Crippen LogP contribution in [-0.2, 0) is 0 Å². The molecule has 0 radical (unpaired) electrons. The first kappa shape index (κ1) is 11.1. The van der Waals surface area contributed by atoms with Crippen LogP contribution in [-0.4, -0.2) is 47.3 Å². The molecule has 13 heavy (non-hydrogen) atoms. The fraction of sp³-hybridized carbons (Fsp3) is 0.800. The van der Waals surface area contributed by atoms with Gasteiger partial charge in [0.2, 0.25) is 0 Å². The molecule has 1 heterocycles. The summed E-state index contributed by atoms with van der Waals surface area (Å²) >= 11 is 1.94. The molecule has 0 saturated carbocycles. The lowest BCUT2D eigenvalue weighted by Gasteiger charge is -2.33. The molecule has 0 amide bonds. The SMILES string of the molecule is CC(C)=CCN1CCSCC1CO. The van der Waals surface area contributed by atoms with Gasteiger partial charge in [0.15, 0.2) is 0 Å². The number of thioether (sulfide) groups is 1. The lowest BCUT2D eigenvalue weighted by Crippen LogP contribution is -2.44. The number of hydrogen-bond acceptors (Lipinski definition) is 3. The monoisotopic (exact) mass is 201 g/mol. The summed E-state index contributed by atoms with van der Waals surface area (Å²) in [4.78, 5) is 2.36. The molecule has 0 aromatic rings. The molecule has 1 atom stereocenters. The van der Waals surface area contributed by atoms with E-state index in [1.807, 2.05) is 11.8 Å². The van der Waals surface area contributed by atoms with Gasteiger partial charge in [-0.2, -0.15) is 11.8 Å². The first-order valence-electron chi connectivity index (χ1n) is 4.80. The highest BCUT2D eigenvalue weighted by Gasteiger charge is 2.20. The Labute approximate surface area is 85.0 Å². The standard InChI is InChI=1S/C10H19NOS/c1-9(2)3-4-11-5-6-13-8-10(11)7-12/h3,10,12H,4-8H2,1-2H3. The number of aliphatic hydroxyl groups excluding tert-OH is 1. The van der Waals surface area contributed by atoms with E-state index < -0.39 is 0 Å². The van der Waals surface area contributed by atoms with Crippen LogP contribution in [0.15, 0.2) is 11.6 Å². The van der Waals surface area contributed by atoms with Gasteiger partial charge < -0.3 is 5.11 Å². The van der Waals surface area contributed by atoms with Gasteiger partial charge in [0.1, 0.15) is 0 Å². The van der Waals surface area contributed by atoms with Crippen molar-refractivity contribution in [3.8, 4) is 0 Å². The molecule has 1 unspecified atom stereocenters. The first-order valence-corrected chi connectivity index (χ1v) is 5.95. The maximum absolute atomic E-state index is 9.15. The van der Waals surface area contributed by atoms with E-state index in [9.17, 15) is 0 Å². The molecule has 1 fully saturated rings. The average molecular weight is 201 g/mol. The van der Waals surface area contributed by atoms with E-state index in [0.29, 0.717) is 12.6 Å². The lowest BCUT2D eigenvalue weighted by molar-refractivity contribution is 0.151. The Hall–Kier alpha value is 0.01000. The molecular weight excluding hydrogens is 182 g/mol. The summed E-state index contributed by atoms with van der Waals surface area (Å²) < 4.78 is 0. The minimum atomic E-state index is 0.295. The molecular formula is C10H19NOS. The Morgan fingerprint density at radius 1 is 1.62 bits per heavy atom. The summed E-state index contributed by atoms with van der Waals surface area (Å²) in [6, 6.07) is 0.370. The van der Waals surface area contributed by atoms with E-state index in [0.717, 1.165) is 18.8 Å². The van der Waals surface area contributed by atoms with Crippen LogP contribution >= 0.6 is 11.8 Å². The fourth-order valence-corrected chi connectivity index (χ4v) is 2.52. The summed E-state index contributed by atoms with van der Waals surface area (Å²) in [5.74, 6) is 2.28. The van der Waals surface area contributed by atoms with Gasteiger partial charge in [-0.25, -0.2) is 0 Å². The van der Waals surface area contributed by atoms with Gasteiger partial charge in [-0.15, -0.1) is 0 Å². The highest BCUT2D eigenvalue weighted by molar-refractivity contribution is 7.99. The van der Waals surface area contributed by atoms with Gasteiger partial charge >= 0.3 is 0 Å². The van der Waals surface area contributed by atoms with Crippen LogP contribution in [0.5, 0.6) is 0 Å². The van der Waals surface area contributed by atoms with Gasteiger partial charge in [-0.05, 0) is 13.8 Å². The average Bonchev–Trinajstić information content (AvgIpc) is 2.15. The molecule has 0 spiro atoms. The number of aliphatic hydroxyl groups is 1. The maximum atomic E-state index is 9.15. The fourth-order valence-electron chi connectivity index (χ4n) is 1.40. The van der Waals surface area contributed by atoms with Crippen LogP contribution in [0.4, 0.5) is 0 Å². The molecule has 1 aliphatic rings. The van der Waals surface area contributed by atoms with E-state index >= 15 is 0 Å². The molecule has 0 bridgehead atoms. The topological polar surface area (TPSA) is 23.5 Å². The van der Waals surface area contributed by atoms with Gasteiger partial charge in [-0.1, -0.05) is 11.6 Å². The zero-order valence-electron chi connectivity index (χ0n) is 8.49. The second-order valence-electron chi connectivity index (χ2n) is 3.69. The third-order valence-corrected chi connectivity index (χ3v) is 3.39. The second-order valence-corrected chi connectivity index (χ2v) is 4.84. The molecule has 1 rings (SSSR count). The zero-order valence-corrected chi connectivity index (χ0v) is 9.31. The molecule has 0 aromatic heterocycles. The predicted octanol–water partition coefficient (Wildman–Crippen LogP) is 1.36. The molecule has 0 aliphatic carbocycles. The predicted molar refractivity (Wildman–Crippen MR) is 59.2 cm³/mol. The Kier molecular flexibility index (Phi) is 4.84. The van der Waals surface area contributed by atoms with Crippen LogP contribution in [0.1, 0.15) is 13.8 Å². The Bertz CT molecular complexity index is 178. The molecule has 1 N–H and O–H groups in total. The third-order valence-electron chi connectivity index (χ3n) is 2.29. The Balaban J connectivity index is 2.40. The smallest absolute Gasteiger partial charge is 0.0595 e. The summed E-state index contributed by atoms with van der Waals surface area (Å²) in [7, 11) is 0. The number of allylic oxidation sites excluding steroid dienone is 1. The molecule has 1 aliphatic heterocycles. The first-order chi connectivity index (χ1) is 6.24. The van der Waals surface area contributed by atoms with Crippen molar-refractivity contribution in [2.75, 3.05) is 31.2 Å². The van der Waals surface area contributed by atoms with Crippen molar-refractivity contribution in [1.29, 1.82) is 0 Å². The van der Waals surface area contributed by atoms with E-state index in [1.165, 1.54) is 11.3 Å². The van der Waals surface area contributed by atoms with Crippen LogP contribution in [0.2, 0.25) is 0 Å². The molecule has 0 aromatic carbocycles.